The Balaban J connectivity index is 1.38. The van der Waals surface area contributed by atoms with E-state index < -0.39 is 19.0 Å². The molecular weight excluding hydrogens is 485 g/mol. The smallest absolute Gasteiger partial charge is 0.459 e. The lowest BCUT2D eigenvalue weighted by molar-refractivity contribution is -0.122. The molecule has 2 aromatic rings. The van der Waals surface area contributed by atoms with Crippen LogP contribution in [0.2, 0.25) is 0 Å². The third-order valence-corrected chi connectivity index (χ3v) is 8.10. The Morgan fingerprint density at radius 1 is 1.16 bits per heavy atom. The minimum Gasteiger partial charge on any atom is -0.459 e. The summed E-state index contributed by atoms with van der Waals surface area (Å²) in [4.78, 5) is 28.5. The molecule has 2 aliphatic heterocycles. The lowest BCUT2D eigenvalue weighted by Gasteiger charge is -2.33. The number of fused-ring (bicyclic) bond motifs is 3. The van der Waals surface area contributed by atoms with Gasteiger partial charge in [0.25, 0.3) is 0 Å². The molecule has 0 bridgehead atoms. The Morgan fingerprint density at radius 2 is 1.95 bits per heavy atom. The first-order chi connectivity index (χ1) is 18.2. The number of allylic oxidation sites excluding steroid dienone is 2. The molecule has 3 N–H and O–H groups in total. The summed E-state index contributed by atoms with van der Waals surface area (Å²) in [7, 11) is -1.68. The number of ether oxygens (including phenoxy) is 1. The number of amides is 2. The number of aliphatic hydroxyl groups excluding tert-OH is 1. The first-order valence-electron chi connectivity index (χ1n) is 13.2. The van der Waals surface area contributed by atoms with E-state index in [0.29, 0.717) is 30.2 Å². The third-order valence-electron chi connectivity index (χ3n) is 8.10. The van der Waals surface area contributed by atoms with Crippen molar-refractivity contribution in [3.63, 3.8) is 0 Å². The van der Waals surface area contributed by atoms with Gasteiger partial charge in [-0.3, -0.25) is 14.5 Å². The molecular formula is C29H34BNO7. The van der Waals surface area contributed by atoms with Gasteiger partial charge in [-0.05, 0) is 73.5 Å². The number of benzene rings is 1. The summed E-state index contributed by atoms with van der Waals surface area (Å²) >= 11 is 0. The van der Waals surface area contributed by atoms with Crippen LogP contribution in [0.5, 0.6) is 0 Å². The van der Waals surface area contributed by atoms with Crippen LogP contribution in [0.25, 0.3) is 6.08 Å². The van der Waals surface area contributed by atoms with Crippen molar-refractivity contribution >= 4 is 36.2 Å². The fourth-order valence-electron chi connectivity index (χ4n) is 6.27. The molecule has 200 valence electrons. The van der Waals surface area contributed by atoms with Crippen LogP contribution >= 0.6 is 0 Å². The van der Waals surface area contributed by atoms with Crippen LogP contribution in [-0.2, 0) is 20.9 Å². The summed E-state index contributed by atoms with van der Waals surface area (Å²) in [5.41, 5.74) is 4.11. The van der Waals surface area contributed by atoms with Gasteiger partial charge in [0, 0.05) is 5.92 Å². The van der Waals surface area contributed by atoms with Gasteiger partial charge in [-0.1, -0.05) is 37.1 Å². The molecule has 1 aromatic carbocycles. The molecule has 0 saturated carbocycles. The lowest BCUT2D eigenvalue weighted by Crippen LogP contribution is -2.36. The predicted molar refractivity (Wildman–Crippen MR) is 143 cm³/mol. The fraction of sp³-hybridized carbons (Fsp3) is 0.448. The Hall–Kier alpha value is -2.98. The molecule has 0 radical (unpaired) electrons. The molecule has 8 nitrogen and oxygen atoms in total. The van der Waals surface area contributed by atoms with E-state index in [-0.39, 0.29) is 41.8 Å². The minimum absolute atomic E-state index is 0.115. The van der Waals surface area contributed by atoms with Crippen molar-refractivity contribution in [1.82, 2.24) is 0 Å². The molecule has 1 aliphatic carbocycles. The van der Waals surface area contributed by atoms with Gasteiger partial charge < -0.3 is 24.3 Å². The molecule has 0 unspecified atom stereocenters. The van der Waals surface area contributed by atoms with E-state index in [0.717, 1.165) is 18.4 Å². The standard InChI is InChI=1S/C29H34BNO7/c1-16(2)22-13-23-27(29(34)31(28(23)33)19-6-4-5-18(12-19)30(35)36)24-15-37-25(26(22)24)10-7-17(3)11-20-8-9-21(14-32)38-20/h4-6,8-9,11-12,16,23-25,27,32,35-36H,7,10,13-15H2,1-3H3/b17-11+/t23-,24+,25-,27-/m1/s1. The number of carbonyl (C=O) groups is 2. The van der Waals surface area contributed by atoms with Crippen LogP contribution in [0.1, 0.15) is 51.6 Å². The van der Waals surface area contributed by atoms with Crippen LogP contribution < -0.4 is 10.4 Å². The van der Waals surface area contributed by atoms with E-state index in [1.54, 1.807) is 24.3 Å². The maximum Gasteiger partial charge on any atom is 0.488 e. The van der Waals surface area contributed by atoms with Crippen molar-refractivity contribution in [2.75, 3.05) is 11.5 Å². The number of anilines is 1. The summed E-state index contributed by atoms with van der Waals surface area (Å²) in [5, 5.41) is 28.4. The summed E-state index contributed by atoms with van der Waals surface area (Å²) in [5.74, 6) is -0.0995. The molecule has 0 spiro atoms. The van der Waals surface area contributed by atoms with Gasteiger partial charge in [0.2, 0.25) is 11.8 Å². The highest BCUT2D eigenvalue weighted by Gasteiger charge is 2.57. The zero-order valence-corrected chi connectivity index (χ0v) is 22.0. The molecule has 3 heterocycles. The van der Waals surface area contributed by atoms with E-state index >= 15 is 0 Å². The van der Waals surface area contributed by atoms with Gasteiger partial charge in [0.05, 0.1) is 30.2 Å². The van der Waals surface area contributed by atoms with Gasteiger partial charge >= 0.3 is 7.12 Å². The van der Waals surface area contributed by atoms with Crippen LogP contribution in [0.15, 0.2) is 57.5 Å². The van der Waals surface area contributed by atoms with Gasteiger partial charge in [-0.15, -0.1) is 0 Å². The van der Waals surface area contributed by atoms with Crippen LogP contribution in [-0.4, -0.2) is 46.8 Å². The van der Waals surface area contributed by atoms with E-state index in [9.17, 15) is 24.7 Å². The predicted octanol–water partition coefficient (Wildman–Crippen LogP) is 2.81. The summed E-state index contributed by atoms with van der Waals surface area (Å²) in [6, 6.07) is 9.90. The molecule has 38 heavy (non-hydrogen) atoms. The van der Waals surface area contributed by atoms with Crippen molar-refractivity contribution in [3.8, 4) is 0 Å². The molecule has 4 atom stereocenters. The third kappa shape index (κ3) is 4.80. The van der Waals surface area contributed by atoms with Crippen LogP contribution in [0.4, 0.5) is 5.69 Å². The summed E-state index contributed by atoms with van der Waals surface area (Å²) < 4.78 is 11.9. The number of hydrogen-bond acceptors (Lipinski definition) is 7. The number of furan rings is 1. The van der Waals surface area contributed by atoms with Crippen molar-refractivity contribution in [1.29, 1.82) is 0 Å². The normalized spacial score (nSPS) is 25.4. The zero-order chi connectivity index (χ0) is 27.1. The van der Waals surface area contributed by atoms with Gasteiger partial charge in [0.1, 0.15) is 18.1 Å². The second kappa shape index (κ2) is 10.7. The Bertz CT molecular complexity index is 1290. The first-order valence-corrected chi connectivity index (χ1v) is 13.2. The molecule has 2 amide bonds. The molecule has 5 rings (SSSR count). The Kier molecular flexibility index (Phi) is 7.46. The first kappa shape index (κ1) is 26.6. The van der Waals surface area contributed by atoms with E-state index in [4.69, 9.17) is 9.15 Å². The molecule has 3 aliphatic rings. The van der Waals surface area contributed by atoms with Gasteiger partial charge in [0.15, 0.2) is 0 Å². The Morgan fingerprint density at radius 3 is 2.63 bits per heavy atom. The number of carbonyl (C=O) groups excluding carboxylic acids is 2. The second-order valence-electron chi connectivity index (χ2n) is 10.9. The number of aliphatic hydroxyl groups is 1. The van der Waals surface area contributed by atoms with Gasteiger partial charge in [-0.2, -0.15) is 0 Å². The highest BCUT2D eigenvalue weighted by molar-refractivity contribution is 6.58. The van der Waals surface area contributed by atoms with Crippen molar-refractivity contribution in [2.45, 2.75) is 52.7 Å². The maximum absolute atomic E-state index is 13.7. The highest BCUT2D eigenvalue weighted by Crippen LogP contribution is 2.51. The van der Waals surface area contributed by atoms with E-state index in [1.807, 2.05) is 19.1 Å². The molecule has 9 heteroatoms. The SMILES string of the molecule is C/C(=C\c1ccc(CO)o1)CC[C@H]1OC[C@H]2C1=C(C(C)C)C[C@H]1C(=O)N(c3cccc(B(O)O)c3)C(=O)[C@H]12. The molecule has 1 aromatic heterocycles. The Labute approximate surface area is 222 Å². The fourth-order valence-corrected chi connectivity index (χ4v) is 6.27. The van der Waals surface area contributed by atoms with Crippen molar-refractivity contribution in [3.05, 3.63) is 64.6 Å². The van der Waals surface area contributed by atoms with Crippen molar-refractivity contribution < 1.29 is 33.9 Å². The van der Waals surface area contributed by atoms with E-state index in [1.165, 1.54) is 22.1 Å². The lowest BCUT2D eigenvalue weighted by atomic mass is 9.67. The average molecular weight is 519 g/mol. The number of imide groups is 1. The number of rotatable bonds is 8. The second-order valence-corrected chi connectivity index (χ2v) is 10.9. The van der Waals surface area contributed by atoms with Crippen LogP contribution in [0.3, 0.4) is 0 Å². The average Bonchev–Trinajstić information content (AvgIpc) is 3.58. The molecule has 2 saturated heterocycles. The minimum atomic E-state index is -1.68. The quantitative estimate of drug-likeness (QED) is 0.279. The monoisotopic (exact) mass is 519 g/mol. The number of nitrogens with zero attached hydrogens (tertiary/aromatic N) is 1. The zero-order valence-electron chi connectivity index (χ0n) is 22.0. The number of hydrogen-bond donors (Lipinski definition) is 3. The highest BCUT2D eigenvalue weighted by atomic mass is 16.5. The van der Waals surface area contributed by atoms with Gasteiger partial charge in [-0.25, -0.2) is 0 Å². The maximum atomic E-state index is 13.7. The topological polar surface area (TPSA) is 120 Å². The summed E-state index contributed by atoms with van der Waals surface area (Å²) in [6.07, 6.45) is 3.93. The summed E-state index contributed by atoms with van der Waals surface area (Å²) in [6.45, 7) is 6.56. The van der Waals surface area contributed by atoms with Crippen molar-refractivity contribution in [2.24, 2.45) is 23.7 Å². The molecule has 2 fully saturated rings. The largest absolute Gasteiger partial charge is 0.488 e. The van der Waals surface area contributed by atoms with E-state index in [2.05, 4.69) is 13.8 Å². The van der Waals surface area contributed by atoms with Crippen LogP contribution in [0, 0.1) is 23.7 Å².